The van der Waals surface area contributed by atoms with Gasteiger partial charge in [-0.2, -0.15) is 4.72 Å². The van der Waals surface area contributed by atoms with Gasteiger partial charge in [0.2, 0.25) is 10.0 Å². The van der Waals surface area contributed by atoms with E-state index >= 15 is 0 Å². The lowest BCUT2D eigenvalue weighted by Crippen LogP contribution is -2.30. The molecule has 0 saturated carbocycles. The molecular formula is C20H21NO8S. The summed E-state index contributed by atoms with van der Waals surface area (Å²) in [5, 5.41) is 0. The number of benzene rings is 2. The molecular weight excluding hydrogens is 414 g/mol. The molecule has 0 aromatic heterocycles. The van der Waals surface area contributed by atoms with E-state index in [0.29, 0.717) is 42.3 Å². The zero-order valence-corrected chi connectivity index (χ0v) is 17.1. The molecule has 10 heteroatoms. The lowest BCUT2D eigenvalue weighted by atomic mass is 10.1. The van der Waals surface area contributed by atoms with Crippen molar-refractivity contribution in [2.45, 2.75) is 17.9 Å². The molecule has 1 aliphatic rings. The molecule has 0 unspecified atom stereocenters. The molecule has 0 bridgehead atoms. The Balaban J connectivity index is 1.53. The van der Waals surface area contributed by atoms with Crippen molar-refractivity contribution in [3.63, 3.8) is 0 Å². The SMILES string of the molecule is COC(=O)c1ccc(COC(=O)CNS(=O)(=O)c2ccc3c(c2)OCCCO3)cc1. The average Bonchev–Trinajstić information content (AvgIpc) is 3.01. The summed E-state index contributed by atoms with van der Waals surface area (Å²) in [5.41, 5.74) is 1.01. The Morgan fingerprint density at radius 1 is 1.03 bits per heavy atom. The van der Waals surface area contributed by atoms with Crippen LogP contribution < -0.4 is 14.2 Å². The van der Waals surface area contributed by atoms with Crippen molar-refractivity contribution < 1.29 is 37.0 Å². The molecule has 0 radical (unpaired) electrons. The number of nitrogens with one attached hydrogen (secondary N) is 1. The molecule has 0 atom stereocenters. The second kappa shape index (κ2) is 9.59. The van der Waals surface area contributed by atoms with Gasteiger partial charge in [-0.05, 0) is 29.8 Å². The highest BCUT2D eigenvalue weighted by Crippen LogP contribution is 2.31. The van der Waals surface area contributed by atoms with Crippen LogP contribution in [-0.2, 0) is 30.9 Å². The van der Waals surface area contributed by atoms with Crippen molar-refractivity contribution in [2.75, 3.05) is 26.9 Å². The van der Waals surface area contributed by atoms with Gasteiger partial charge in [0.1, 0.15) is 13.2 Å². The van der Waals surface area contributed by atoms with Crippen LogP contribution in [-0.4, -0.2) is 47.2 Å². The molecule has 0 saturated heterocycles. The number of hydrogen-bond acceptors (Lipinski definition) is 8. The molecule has 3 rings (SSSR count). The lowest BCUT2D eigenvalue weighted by molar-refractivity contribution is -0.143. The molecule has 160 valence electrons. The minimum Gasteiger partial charge on any atom is -0.490 e. The summed E-state index contributed by atoms with van der Waals surface area (Å²) < 4.78 is 47.8. The number of carbonyl (C=O) groups excluding carboxylic acids is 2. The predicted octanol–water partition coefficient (Wildman–Crippen LogP) is 1.66. The summed E-state index contributed by atoms with van der Waals surface area (Å²) >= 11 is 0. The molecule has 2 aromatic carbocycles. The van der Waals surface area contributed by atoms with Crippen LogP contribution in [0.25, 0.3) is 0 Å². The van der Waals surface area contributed by atoms with Crippen LogP contribution in [0.5, 0.6) is 11.5 Å². The number of carbonyl (C=O) groups is 2. The van der Waals surface area contributed by atoms with Crippen molar-refractivity contribution in [3.8, 4) is 11.5 Å². The quantitative estimate of drug-likeness (QED) is 0.653. The smallest absolute Gasteiger partial charge is 0.337 e. The highest BCUT2D eigenvalue weighted by molar-refractivity contribution is 7.89. The maximum Gasteiger partial charge on any atom is 0.337 e. The molecule has 0 aliphatic carbocycles. The van der Waals surface area contributed by atoms with Crippen molar-refractivity contribution in [3.05, 3.63) is 53.6 Å². The zero-order valence-electron chi connectivity index (χ0n) is 16.3. The zero-order chi connectivity index (χ0) is 21.6. The van der Waals surface area contributed by atoms with Gasteiger partial charge in [0.15, 0.2) is 11.5 Å². The van der Waals surface area contributed by atoms with Gasteiger partial charge in [0.05, 0.1) is 30.8 Å². The molecule has 9 nitrogen and oxygen atoms in total. The van der Waals surface area contributed by atoms with Crippen molar-refractivity contribution in [1.82, 2.24) is 4.72 Å². The molecule has 1 N–H and O–H groups in total. The third kappa shape index (κ3) is 5.49. The van der Waals surface area contributed by atoms with Crippen LogP contribution in [0.4, 0.5) is 0 Å². The first-order valence-corrected chi connectivity index (χ1v) is 10.6. The average molecular weight is 435 g/mol. The first-order chi connectivity index (χ1) is 14.4. The van der Waals surface area contributed by atoms with E-state index in [0.717, 1.165) is 0 Å². The summed E-state index contributed by atoms with van der Waals surface area (Å²) in [6, 6.07) is 10.6. The normalized spacial score (nSPS) is 13.2. The summed E-state index contributed by atoms with van der Waals surface area (Å²) in [6.07, 6.45) is 0.701. The topological polar surface area (TPSA) is 117 Å². The maximum atomic E-state index is 12.5. The fraction of sp³-hybridized carbons (Fsp3) is 0.300. The third-order valence-electron chi connectivity index (χ3n) is 4.21. The fourth-order valence-corrected chi connectivity index (χ4v) is 3.60. The van der Waals surface area contributed by atoms with Crippen LogP contribution in [0.15, 0.2) is 47.4 Å². The number of methoxy groups -OCH3 is 1. The van der Waals surface area contributed by atoms with Gasteiger partial charge in [-0.15, -0.1) is 0 Å². The molecule has 30 heavy (non-hydrogen) atoms. The van der Waals surface area contributed by atoms with Gasteiger partial charge in [-0.25, -0.2) is 13.2 Å². The predicted molar refractivity (Wildman–Crippen MR) is 105 cm³/mol. The molecule has 1 heterocycles. The standard InChI is InChI=1S/C20H21NO8S/c1-26-20(23)15-5-3-14(4-6-15)13-29-19(22)12-21-30(24,25)16-7-8-17-18(11-16)28-10-2-9-27-17/h3-8,11,21H,2,9-10,12-13H2,1H3. The van der Waals surface area contributed by atoms with Crippen molar-refractivity contribution >= 4 is 22.0 Å². The number of fused-ring (bicyclic) bond motifs is 1. The second-order valence-electron chi connectivity index (χ2n) is 6.33. The highest BCUT2D eigenvalue weighted by Gasteiger charge is 2.20. The van der Waals surface area contributed by atoms with E-state index < -0.39 is 28.5 Å². The Hall–Kier alpha value is -3.11. The minimum absolute atomic E-state index is 0.0436. The van der Waals surface area contributed by atoms with E-state index in [1.165, 1.54) is 25.3 Å². The van der Waals surface area contributed by atoms with Gasteiger partial charge in [0.25, 0.3) is 0 Å². The van der Waals surface area contributed by atoms with Crippen LogP contribution >= 0.6 is 0 Å². The van der Waals surface area contributed by atoms with E-state index in [1.807, 2.05) is 0 Å². The van der Waals surface area contributed by atoms with Crippen molar-refractivity contribution in [2.24, 2.45) is 0 Å². The first kappa shape index (κ1) is 21.6. The number of rotatable bonds is 7. The van der Waals surface area contributed by atoms with Crippen LogP contribution in [0.2, 0.25) is 0 Å². The van der Waals surface area contributed by atoms with Crippen LogP contribution in [0.1, 0.15) is 22.3 Å². The van der Waals surface area contributed by atoms with Crippen molar-refractivity contribution in [1.29, 1.82) is 0 Å². The fourth-order valence-electron chi connectivity index (χ4n) is 2.62. The molecule has 0 fully saturated rings. The van der Waals surface area contributed by atoms with E-state index in [2.05, 4.69) is 9.46 Å². The maximum absolute atomic E-state index is 12.5. The second-order valence-corrected chi connectivity index (χ2v) is 8.10. The molecule has 0 amide bonds. The molecule has 0 spiro atoms. The largest absolute Gasteiger partial charge is 0.490 e. The number of ether oxygens (including phenoxy) is 4. The number of esters is 2. The van der Waals surface area contributed by atoms with Gasteiger partial charge in [0, 0.05) is 12.5 Å². The van der Waals surface area contributed by atoms with Gasteiger partial charge in [-0.3, -0.25) is 4.79 Å². The summed E-state index contributed by atoms with van der Waals surface area (Å²) in [6.45, 7) is 0.328. The summed E-state index contributed by atoms with van der Waals surface area (Å²) in [5.74, 6) is -0.398. The Bertz CT molecular complexity index is 1020. The van der Waals surface area contributed by atoms with Crippen LogP contribution in [0, 0.1) is 0 Å². The van der Waals surface area contributed by atoms with Crippen LogP contribution in [0.3, 0.4) is 0 Å². The van der Waals surface area contributed by atoms with E-state index in [1.54, 1.807) is 24.3 Å². The molecule has 2 aromatic rings. The van der Waals surface area contributed by atoms with Gasteiger partial charge in [-0.1, -0.05) is 12.1 Å². The number of sulfonamides is 1. The lowest BCUT2D eigenvalue weighted by Gasteiger charge is -2.11. The Kier molecular flexibility index (Phi) is 6.91. The summed E-state index contributed by atoms with van der Waals surface area (Å²) in [7, 11) is -2.66. The summed E-state index contributed by atoms with van der Waals surface area (Å²) in [4.78, 5) is 23.3. The Morgan fingerprint density at radius 2 is 1.73 bits per heavy atom. The monoisotopic (exact) mass is 435 g/mol. The van der Waals surface area contributed by atoms with Gasteiger partial charge >= 0.3 is 11.9 Å². The molecule has 1 aliphatic heterocycles. The van der Waals surface area contributed by atoms with Gasteiger partial charge < -0.3 is 18.9 Å². The highest BCUT2D eigenvalue weighted by atomic mass is 32.2. The Morgan fingerprint density at radius 3 is 2.43 bits per heavy atom. The van der Waals surface area contributed by atoms with E-state index in [9.17, 15) is 18.0 Å². The Labute approximate surface area is 173 Å². The minimum atomic E-state index is -3.94. The third-order valence-corrected chi connectivity index (χ3v) is 5.61. The number of hydrogen-bond donors (Lipinski definition) is 1. The first-order valence-electron chi connectivity index (χ1n) is 9.11. The van der Waals surface area contributed by atoms with E-state index in [-0.39, 0.29) is 11.5 Å². The van der Waals surface area contributed by atoms with E-state index in [4.69, 9.17) is 14.2 Å².